The van der Waals surface area contributed by atoms with Gasteiger partial charge in [-0.1, -0.05) is 0 Å². The number of aliphatic hydroxyl groups excluding tert-OH is 1. The molecule has 0 bridgehead atoms. The quantitative estimate of drug-likeness (QED) is 0.840. The van der Waals surface area contributed by atoms with Crippen LogP contribution in [0.2, 0.25) is 0 Å². The normalized spacial score (nSPS) is 29.3. The number of rotatable bonds is 3. The largest absolute Gasteiger partial charge is 0.497 e. The second-order valence-electron chi connectivity index (χ2n) is 3.91. The van der Waals surface area contributed by atoms with E-state index in [0.717, 1.165) is 11.3 Å². The fraction of sp³-hybridized carbons (Fsp3) is 0.500. The van der Waals surface area contributed by atoms with E-state index < -0.39 is 5.79 Å². The summed E-state index contributed by atoms with van der Waals surface area (Å²) in [6.07, 6.45) is -0.243. The highest BCUT2D eigenvalue weighted by atomic mass is 16.7. The van der Waals surface area contributed by atoms with Crippen LogP contribution in [0.1, 0.15) is 12.5 Å². The topological polar surface area (TPSA) is 47.9 Å². The van der Waals surface area contributed by atoms with Crippen LogP contribution in [0, 0.1) is 0 Å². The predicted molar refractivity (Wildman–Crippen MR) is 58.3 cm³/mol. The standard InChI is InChI=1S/C12H16O4/c1-12(15-8-11(7-13)16-12)9-3-5-10(14-2)6-4-9/h3-6,11,13H,7-8H2,1-2H3/t11-,12+/m0/s1. The van der Waals surface area contributed by atoms with Crippen LogP contribution in [0.3, 0.4) is 0 Å². The van der Waals surface area contributed by atoms with Crippen LogP contribution in [0.4, 0.5) is 0 Å². The third-order valence-corrected chi connectivity index (χ3v) is 2.75. The number of methoxy groups -OCH3 is 1. The maximum atomic E-state index is 9.00. The Morgan fingerprint density at radius 3 is 2.62 bits per heavy atom. The molecule has 1 heterocycles. The number of aliphatic hydroxyl groups is 1. The molecule has 0 spiro atoms. The van der Waals surface area contributed by atoms with Gasteiger partial charge < -0.3 is 19.3 Å². The van der Waals surface area contributed by atoms with E-state index in [9.17, 15) is 0 Å². The van der Waals surface area contributed by atoms with Gasteiger partial charge in [-0.15, -0.1) is 0 Å². The summed E-state index contributed by atoms with van der Waals surface area (Å²) in [7, 11) is 1.63. The summed E-state index contributed by atoms with van der Waals surface area (Å²) in [6.45, 7) is 2.25. The van der Waals surface area contributed by atoms with Crippen molar-refractivity contribution in [1.29, 1.82) is 0 Å². The van der Waals surface area contributed by atoms with Gasteiger partial charge in [0.25, 0.3) is 0 Å². The lowest BCUT2D eigenvalue weighted by Crippen LogP contribution is -2.24. The molecule has 1 saturated heterocycles. The molecule has 88 valence electrons. The second kappa shape index (κ2) is 4.41. The smallest absolute Gasteiger partial charge is 0.192 e. The highest BCUT2D eigenvalue weighted by molar-refractivity contribution is 5.29. The lowest BCUT2D eigenvalue weighted by molar-refractivity contribution is -0.165. The van der Waals surface area contributed by atoms with Crippen molar-refractivity contribution in [2.45, 2.75) is 18.8 Å². The summed E-state index contributed by atoms with van der Waals surface area (Å²) in [5.41, 5.74) is 0.921. The summed E-state index contributed by atoms with van der Waals surface area (Å²) in [6, 6.07) is 7.52. The summed E-state index contributed by atoms with van der Waals surface area (Å²) >= 11 is 0. The van der Waals surface area contributed by atoms with Crippen molar-refractivity contribution >= 4 is 0 Å². The lowest BCUT2D eigenvalue weighted by Gasteiger charge is -2.23. The zero-order valence-electron chi connectivity index (χ0n) is 9.47. The average molecular weight is 224 g/mol. The fourth-order valence-corrected chi connectivity index (χ4v) is 1.77. The Bertz CT molecular complexity index is 349. The van der Waals surface area contributed by atoms with Crippen LogP contribution < -0.4 is 4.74 Å². The van der Waals surface area contributed by atoms with Crippen molar-refractivity contribution in [1.82, 2.24) is 0 Å². The van der Waals surface area contributed by atoms with Gasteiger partial charge in [0, 0.05) is 5.56 Å². The molecule has 0 unspecified atom stereocenters. The average Bonchev–Trinajstić information content (AvgIpc) is 2.73. The van der Waals surface area contributed by atoms with Crippen molar-refractivity contribution in [2.24, 2.45) is 0 Å². The Kier molecular flexibility index (Phi) is 3.14. The van der Waals surface area contributed by atoms with Gasteiger partial charge in [-0.3, -0.25) is 0 Å². The minimum absolute atomic E-state index is 0.0221. The maximum absolute atomic E-state index is 9.00. The first-order valence-corrected chi connectivity index (χ1v) is 5.25. The first-order valence-electron chi connectivity index (χ1n) is 5.25. The van der Waals surface area contributed by atoms with Gasteiger partial charge in [0.15, 0.2) is 5.79 Å². The van der Waals surface area contributed by atoms with Crippen LogP contribution in [0.25, 0.3) is 0 Å². The lowest BCUT2D eigenvalue weighted by atomic mass is 10.1. The molecular formula is C12H16O4. The second-order valence-corrected chi connectivity index (χ2v) is 3.91. The van der Waals surface area contributed by atoms with Crippen LogP contribution in [-0.2, 0) is 15.3 Å². The maximum Gasteiger partial charge on any atom is 0.192 e. The molecule has 0 amide bonds. The molecule has 1 aliphatic heterocycles. The zero-order valence-corrected chi connectivity index (χ0v) is 9.47. The molecule has 0 aromatic heterocycles. The first-order chi connectivity index (χ1) is 7.68. The summed E-state index contributed by atoms with van der Waals surface area (Å²) in [5.74, 6) is 0.0312. The molecule has 4 nitrogen and oxygen atoms in total. The van der Waals surface area contributed by atoms with E-state index in [2.05, 4.69) is 0 Å². The molecular weight excluding hydrogens is 208 g/mol. The Balaban J connectivity index is 2.17. The predicted octanol–water partition coefficient (Wildman–Crippen LogP) is 1.28. The summed E-state index contributed by atoms with van der Waals surface area (Å²) in [5, 5.41) is 9.00. The third kappa shape index (κ3) is 2.04. The molecule has 1 fully saturated rings. The molecule has 1 aromatic carbocycles. The minimum Gasteiger partial charge on any atom is -0.497 e. The number of hydrogen-bond acceptors (Lipinski definition) is 4. The molecule has 0 saturated carbocycles. The Morgan fingerprint density at radius 1 is 1.44 bits per heavy atom. The zero-order chi connectivity index (χ0) is 11.6. The van der Waals surface area contributed by atoms with E-state index in [-0.39, 0.29) is 12.7 Å². The molecule has 1 aliphatic rings. The molecule has 2 rings (SSSR count). The van der Waals surface area contributed by atoms with Gasteiger partial charge in [-0.2, -0.15) is 0 Å². The van der Waals surface area contributed by atoms with Crippen LogP contribution in [0.15, 0.2) is 24.3 Å². The highest BCUT2D eigenvalue weighted by Gasteiger charge is 2.38. The third-order valence-electron chi connectivity index (χ3n) is 2.75. The van der Waals surface area contributed by atoms with Crippen molar-refractivity contribution < 1.29 is 19.3 Å². The van der Waals surface area contributed by atoms with Crippen molar-refractivity contribution in [2.75, 3.05) is 20.3 Å². The van der Waals surface area contributed by atoms with Gasteiger partial charge in [0.2, 0.25) is 0 Å². The van der Waals surface area contributed by atoms with Gasteiger partial charge >= 0.3 is 0 Å². The Hall–Kier alpha value is -1.10. The molecule has 4 heteroatoms. The van der Waals surface area contributed by atoms with E-state index in [1.165, 1.54) is 0 Å². The number of hydrogen-bond donors (Lipinski definition) is 1. The van der Waals surface area contributed by atoms with Gasteiger partial charge in [-0.25, -0.2) is 0 Å². The van der Waals surface area contributed by atoms with E-state index >= 15 is 0 Å². The van der Waals surface area contributed by atoms with E-state index in [0.29, 0.717) is 6.61 Å². The van der Waals surface area contributed by atoms with Crippen molar-refractivity contribution in [3.05, 3.63) is 29.8 Å². The first kappa shape index (κ1) is 11.4. The van der Waals surface area contributed by atoms with Crippen LogP contribution in [0.5, 0.6) is 5.75 Å². The molecule has 1 N–H and O–H groups in total. The van der Waals surface area contributed by atoms with Crippen molar-refractivity contribution in [3.63, 3.8) is 0 Å². The van der Waals surface area contributed by atoms with E-state index in [1.807, 2.05) is 31.2 Å². The Labute approximate surface area is 94.8 Å². The van der Waals surface area contributed by atoms with Gasteiger partial charge in [-0.05, 0) is 31.2 Å². The fourth-order valence-electron chi connectivity index (χ4n) is 1.77. The van der Waals surface area contributed by atoms with Crippen LogP contribution >= 0.6 is 0 Å². The van der Waals surface area contributed by atoms with Crippen molar-refractivity contribution in [3.8, 4) is 5.75 Å². The monoisotopic (exact) mass is 224 g/mol. The highest BCUT2D eigenvalue weighted by Crippen LogP contribution is 2.34. The molecule has 16 heavy (non-hydrogen) atoms. The molecule has 2 atom stereocenters. The summed E-state index contributed by atoms with van der Waals surface area (Å²) in [4.78, 5) is 0. The molecule has 1 aromatic rings. The summed E-state index contributed by atoms with van der Waals surface area (Å²) < 4.78 is 16.3. The molecule has 0 aliphatic carbocycles. The number of benzene rings is 1. The SMILES string of the molecule is COc1ccc([C@]2(C)OC[C@H](CO)O2)cc1. The minimum atomic E-state index is -0.764. The van der Waals surface area contributed by atoms with E-state index in [4.69, 9.17) is 19.3 Å². The van der Waals surface area contributed by atoms with Gasteiger partial charge in [0.05, 0.1) is 20.3 Å². The van der Waals surface area contributed by atoms with E-state index in [1.54, 1.807) is 7.11 Å². The van der Waals surface area contributed by atoms with Crippen LogP contribution in [-0.4, -0.2) is 31.5 Å². The van der Waals surface area contributed by atoms with Gasteiger partial charge in [0.1, 0.15) is 11.9 Å². The molecule has 0 radical (unpaired) electrons. The Morgan fingerprint density at radius 2 is 2.12 bits per heavy atom. The number of ether oxygens (including phenoxy) is 3.